The van der Waals surface area contributed by atoms with Gasteiger partial charge in [0.15, 0.2) is 11.6 Å². The van der Waals surface area contributed by atoms with E-state index in [9.17, 15) is 19.8 Å². The zero-order chi connectivity index (χ0) is 24.2. The van der Waals surface area contributed by atoms with E-state index < -0.39 is 11.0 Å². The van der Waals surface area contributed by atoms with Crippen LogP contribution >= 0.6 is 0 Å². The molecule has 6 nitrogen and oxygen atoms in total. The molecule has 4 rings (SSSR count). The molecule has 7 atom stereocenters. The minimum absolute atomic E-state index is 0.0581. The Morgan fingerprint density at radius 3 is 2.48 bits per heavy atom. The van der Waals surface area contributed by atoms with Crippen LogP contribution in [0.15, 0.2) is 11.6 Å². The lowest BCUT2D eigenvalue weighted by Gasteiger charge is -2.59. The number of ketones is 2. The second-order valence-electron chi connectivity index (χ2n) is 12.3. The number of likely N-dealkylation sites (N-methyl/N-ethyl adjacent to an activating group) is 1. The number of carbonyl (C=O) groups excluding carboxylic acids is 2. The highest BCUT2D eigenvalue weighted by molar-refractivity contribution is 5.95. The van der Waals surface area contributed by atoms with Crippen molar-refractivity contribution in [2.45, 2.75) is 76.9 Å². The van der Waals surface area contributed by atoms with Crippen LogP contribution in [-0.2, 0) is 9.59 Å². The Kier molecular flexibility index (Phi) is 6.71. The fraction of sp³-hybridized carbons (Fsp3) is 0.852. The number of nitrogens with zero attached hydrogens (tertiary/aromatic N) is 2. The number of Topliss-reactive ketones (excluding diaryl/α,β-unsaturated/α-hetero) is 1. The van der Waals surface area contributed by atoms with Crippen LogP contribution in [0.5, 0.6) is 0 Å². The summed E-state index contributed by atoms with van der Waals surface area (Å²) >= 11 is 0. The van der Waals surface area contributed by atoms with E-state index in [1.54, 1.807) is 6.08 Å². The molecule has 0 saturated heterocycles. The molecule has 0 aromatic carbocycles. The monoisotopic (exact) mass is 460 g/mol. The Bertz CT molecular complexity index is 825. The van der Waals surface area contributed by atoms with Gasteiger partial charge in [0, 0.05) is 17.3 Å². The van der Waals surface area contributed by atoms with E-state index in [1.807, 2.05) is 7.05 Å². The van der Waals surface area contributed by atoms with Gasteiger partial charge in [0.1, 0.15) is 0 Å². The van der Waals surface area contributed by atoms with Crippen LogP contribution in [0.3, 0.4) is 0 Å². The third-order valence-corrected chi connectivity index (χ3v) is 9.97. The molecule has 0 radical (unpaired) electrons. The second kappa shape index (κ2) is 8.85. The molecule has 0 amide bonds. The molecule has 6 unspecified atom stereocenters. The summed E-state index contributed by atoms with van der Waals surface area (Å²) < 4.78 is 0. The molecule has 186 valence electrons. The summed E-state index contributed by atoms with van der Waals surface area (Å²) in [7, 11) is 6.12. The van der Waals surface area contributed by atoms with Crippen molar-refractivity contribution >= 4 is 11.6 Å². The van der Waals surface area contributed by atoms with E-state index >= 15 is 0 Å². The van der Waals surface area contributed by atoms with E-state index in [0.717, 1.165) is 44.3 Å². The van der Waals surface area contributed by atoms with Gasteiger partial charge in [0.2, 0.25) is 0 Å². The first kappa shape index (κ1) is 25.0. The summed E-state index contributed by atoms with van der Waals surface area (Å²) in [4.78, 5) is 30.9. The lowest BCUT2D eigenvalue weighted by molar-refractivity contribution is -0.144. The van der Waals surface area contributed by atoms with Gasteiger partial charge in [0.05, 0.1) is 18.2 Å². The minimum Gasteiger partial charge on any atom is -0.393 e. The molecule has 2 N–H and O–H groups in total. The smallest absolute Gasteiger partial charge is 0.159 e. The van der Waals surface area contributed by atoms with Crippen molar-refractivity contribution in [3.8, 4) is 0 Å². The molecular formula is C27H44N2O4. The normalized spacial score (nSPS) is 42.7. The van der Waals surface area contributed by atoms with Gasteiger partial charge < -0.3 is 15.1 Å². The quantitative estimate of drug-likeness (QED) is 0.608. The Morgan fingerprint density at radius 2 is 1.79 bits per heavy atom. The number of hydrogen-bond donors (Lipinski definition) is 2. The Hall–Kier alpha value is -1.08. The Labute approximate surface area is 199 Å². The SMILES string of the molecule is CN(C)CCCN(C)CC(=O)C1CC[C@@]2(O)C3=CC(=O)C4CCC(O)CC4(C)C3CCC12C. The molecule has 6 heteroatoms. The summed E-state index contributed by atoms with van der Waals surface area (Å²) in [6.45, 7) is 6.53. The standard InChI is InChI=1S/C27H44N2O4/c1-25-16-18(30)7-8-20(25)23(31)15-22-19(25)9-11-26(2)21(10-12-27(22,26)33)24(32)17-29(5)14-6-13-28(3)4/h15,18-21,30,33H,6-14,16-17H2,1-5H3/t18?,19?,20?,21?,25?,26?,27-/m1/s1. The van der Waals surface area contributed by atoms with E-state index in [2.05, 4.69) is 37.7 Å². The van der Waals surface area contributed by atoms with E-state index in [1.165, 1.54) is 0 Å². The van der Waals surface area contributed by atoms with Crippen molar-refractivity contribution in [1.29, 1.82) is 0 Å². The average Bonchev–Trinajstić information content (AvgIpc) is 2.99. The number of fused-ring (bicyclic) bond motifs is 5. The molecule has 0 aromatic rings. The van der Waals surface area contributed by atoms with Crippen molar-refractivity contribution in [3.05, 3.63) is 11.6 Å². The lowest BCUT2D eigenvalue weighted by atomic mass is 9.46. The van der Waals surface area contributed by atoms with Crippen molar-refractivity contribution in [3.63, 3.8) is 0 Å². The Morgan fingerprint density at radius 1 is 1.06 bits per heavy atom. The van der Waals surface area contributed by atoms with E-state index in [-0.39, 0.29) is 40.8 Å². The van der Waals surface area contributed by atoms with E-state index in [0.29, 0.717) is 32.2 Å². The van der Waals surface area contributed by atoms with Crippen molar-refractivity contribution < 1.29 is 19.8 Å². The van der Waals surface area contributed by atoms with Crippen LogP contribution in [0.4, 0.5) is 0 Å². The van der Waals surface area contributed by atoms with Gasteiger partial charge in [0.25, 0.3) is 0 Å². The van der Waals surface area contributed by atoms with Gasteiger partial charge in [-0.3, -0.25) is 14.5 Å². The molecule has 0 spiro atoms. The topological polar surface area (TPSA) is 81.1 Å². The predicted molar refractivity (Wildman–Crippen MR) is 129 cm³/mol. The predicted octanol–water partition coefficient (Wildman–Crippen LogP) is 2.67. The molecule has 33 heavy (non-hydrogen) atoms. The molecular weight excluding hydrogens is 416 g/mol. The molecule has 0 heterocycles. The van der Waals surface area contributed by atoms with Gasteiger partial charge in [-0.15, -0.1) is 0 Å². The first-order valence-corrected chi connectivity index (χ1v) is 12.9. The number of aliphatic hydroxyl groups excluding tert-OH is 1. The van der Waals surface area contributed by atoms with Gasteiger partial charge in [-0.25, -0.2) is 0 Å². The first-order valence-electron chi connectivity index (χ1n) is 12.9. The number of allylic oxidation sites excluding steroid dienone is 1. The van der Waals surface area contributed by atoms with Crippen LogP contribution in [0.25, 0.3) is 0 Å². The van der Waals surface area contributed by atoms with Gasteiger partial charge >= 0.3 is 0 Å². The summed E-state index contributed by atoms with van der Waals surface area (Å²) in [5.41, 5.74) is -1.08. The minimum atomic E-state index is -1.11. The Balaban J connectivity index is 1.54. The van der Waals surface area contributed by atoms with Crippen molar-refractivity contribution in [2.75, 3.05) is 40.8 Å². The average molecular weight is 461 g/mol. The van der Waals surface area contributed by atoms with Crippen molar-refractivity contribution in [2.24, 2.45) is 28.6 Å². The molecule has 0 bridgehead atoms. The summed E-state index contributed by atoms with van der Waals surface area (Å²) in [5.74, 6) is 0.203. The summed E-state index contributed by atoms with van der Waals surface area (Å²) in [6.07, 6.45) is 7.33. The summed E-state index contributed by atoms with van der Waals surface area (Å²) in [6, 6.07) is 0. The van der Waals surface area contributed by atoms with Gasteiger partial charge in [-0.05, 0) is 109 Å². The summed E-state index contributed by atoms with van der Waals surface area (Å²) in [5, 5.41) is 22.6. The molecule has 4 aliphatic rings. The van der Waals surface area contributed by atoms with Crippen molar-refractivity contribution in [1.82, 2.24) is 9.80 Å². The van der Waals surface area contributed by atoms with Crippen LogP contribution in [0.2, 0.25) is 0 Å². The number of rotatable bonds is 7. The zero-order valence-corrected chi connectivity index (χ0v) is 21.3. The maximum absolute atomic E-state index is 13.4. The fourth-order valence-corrected chi connectivity index (χ4v) is 8.07. The number of carbonyl (C=O) groups is 2. The lowest BCUT2D eigenvalue weighted by Crippen LogP contribution is -2.59. The maximum atomic E-state index is 13.4. The highest BCUT2D eigenvalue weighted by atomic mass is 16.3. The highest BCUT2D eigenvalue weighted by Crippen LogP contribution is 2.67. The van der Waals surface area contributed by atoms with Gasteiger partial charge in [-0.1, -0.05) is 13.8 Å². The number of aliphatic hydroxyl groups is 2. The molecule has 3 saturated carbocycles. The molecule has 0 aromatic heterocycles. The third kappa shape index (κ3) is 4.05. The third-order valence-electron chi connectivity index (χ3n) is 9.97. The van der Waals surface area contributed by atoms with Crippen LogP contribution in [0.1, 0.15) is 65.2 Å². The van der Waals surface area contributed by atoms with E-state index in [4.69, 9.17) is 0 Å². The highest BCUT2D eigenvalue weighted by Gasteiger charge is 2.66. The van der Waals surface area contributed by atoms with Crippen LogP contribution in [0, 0.1) is 28.6 Å². The first-order chi connectivity index (χ1) is 15.4. The molecule has 0 aliphatic heterocycles. The second-order valence-corrected chi connectivity index (χ2v) is 12.3. The molecule has 4 aliphatic carbocycles. The molecule has 3 fully saturated rings. The zero-order valence-electron chi connectivity index (χ0n) is 21.3. The van der Waals surface area contributed by atoms with Crippen LogP contribution < -0.4 is 0 Å². The number of hydrogen-bond acceptors (Lipinski definition) is 6. The maximum Gasteiger partial charge on any atom is 0.159 e. The van der Waals surface area contributed by atoms with Crippen LogP contribution in [-0.4, -0.2) is 84.1 Å². The largest absolute Gasteiger partial charge is 0.393 e. The van der Waals surface area contributed by atoms with Gasteiger partial charge in [-0.2, -0.15) is 0 Å². The fourth-order valence-electron chi connectivity index (χ4n) is 8.07.